The molecule has 1 aliphatic rings. The van der Waals surface area contributed by atoms with Gasteiger partial charge >= 0.3 is 0 Å². The van der Waals surface area contributed by atoms with Crippen LogP contribution in [-0.2, 0) is 4.79 Å². The van der Waals surface area contributed by atoms with Gasteiger partial charge in [0, 0.05) is 18.7 Å². The van der Waals surface area contributed by atoms with Gasteiger partial charge in [-0.15, -0.1) is 0 Å². The van der Waals surface area contributed by atoms with E-state index in [1.807, 2.05) is 30.3 Å². The average molecular weight is 203 g/mol. The van der Waals surface area contributed by atoms with Crippen molar-refractivity contribution >= 4 is 17.3 Å². The van der Waals surface area contributed by atoms with E-state index in [0.29, 0.717) is 13.0 Å². The lowest BCUT2D eigenvalue weighted by atomic mass is 10.1. The zero-order chi connectivity index (χ0) is 10.5. The van der Waals surface area contributed by atoms with Crippen LogP contribution in [0.5, 0.6) is 0 Å². The third-order valence-corrected chi connectivity index (χ3v) is 2.22. The van der Waals surface area contributed by atoms with Crippen LogP contribution in [0.2, 0.25) is 0 Å². The molecule has 0 aromatic heterocycles. The van der Waals surface area contributed by atoms with Crippen molar-refractivity contribution in [2.45, 2.75) is 12.8 Å². The van der Waals surface area contributed by atoms with Gasteiger partial charge in [-0.2, -0.15) is 5.10 Å². The highest BCUT2D eigenvalue weighted by molar-refractivity contribution is 6.03. The molecule has 1 aliphatic heterocycles. The van der Waals surface area contributed by atoms with Crippen molar-refractivity contribution in [1.82, 2.24) is 5.32 Å². The Kier molecular flexibility index (Phi) is 2.97. The fraction of sp³-hybridized carbons (Fsp3) is 0.273. The fourth-order valence-corrected chi connectivity index (χ4v) is 1.43. The number of anilines is 1. The molecule has 78 valence electrons. The maximum Gasteiger partial charge on any atom is 0.225 e. The number of amides is 1. The molecule has 0 spiro atoms. The topological polar surface area (TPSA) is 53.5 Å². The first-order valence-corrected chi connectivity index (χ1v) is 4.98. The lowest BCUT2D eigenvalue weighted by molar-refractivity contribution is -0.120. The number of benzene rings is 1. The van der Waals surface area contributed by atoms with E-state index in [1.54, 1.807) is 0 Å². The molecular formula is C11H13N3O. The molecular weight excluding hydrogens is 190 g/mol. The van der Waals surface area contributed by atoms with Crippen molar-refractivity contribution in [2.75, 3.05) is 12.0 Å². The Hall–Kier alpha value is -1.84. The van der Waals surface area contributed by atoms with Crippen LogP contribution in [0.25, 0.3) is 0 Å². The Bertz CT molecular complexity index is 373. The maximum absolute atomic E-state index is 11.1. The zero-order valence-electron chi connectivity index (χ0n) is 8.36. The summed E-state index contributed by atoms with van der Waals surface area (Å²) in [6.07, 6.45) is 1.23. The molecule has 1 aromatic carbocycles. The number of carbonyl (C=O) groups excluding carboxylic acids is 1. The molecule has 4 nitrogen and oxygen atoms in total. The van der Waals surface area contributed by atoms with Crippen LogP contribution < -0.4 is 10.7 Å². The highest BCUT2D eigenvalue weighted by Crippen LogP contribution is 2.06. The number of rotatable bonds is 2. The highest BCUT2D eigenvalue weighted by Gasteiger charge is 2.12. The van der Waals surface area contributed by atoms with Crippen molar-refractivity contribution in [3.63, 3.8) is 0 Å². The average Bonchev–Trinajstić information content (AvgIpc) is 2.28. The first-order valence-electron chi connectivity index (χ1n) is 4.98. The second kappa shape index (κ2) is 4.59. The Morgan fingerprint density at radius 2 is 2.07 bits per heavy atom. The molecule has 0 atom stereocenters. The zero-order valence-corrected chi connectivity index (χ0v) is 8.36. The summed E-state index contributed by atoms with van der Waals surface area (Å²) in [4.78, 5) is 11.1. The summed E-state index contributed by atoms with van der Waals surface area (Å²) in [7, 11) is 0. The Morgan fingerprint density at radius 1 is 1.27 bits per heavy atom. The molecule has 1 saturated heterocycles. The molecule has 2 rings (SSSR count). The minimum atomic E-state index is 0.0508. The van der Waals surface area contributed by atoms with Crippen molar-refractivity contribution in [3.05, 3.63) is 30.3 Å². The molecule has 1 fully saturated rings. The first kappa shape index (κ1) is 9.71. The van der Waals surface area contributed by atoms with Crippen LogP contribution in [0.1, 0.15) is 12.8 Å². The monoisotopic (exact) mass is 203 g/mol. The number of para-hydroxylation sites is 1. The lowest BCUT2D eigenvalue weighted by Gasteiger charge is -2.13. The summed E-state index contributed by atoms with van der Waals surface area (Å²) in [5.41, 5.74) is 4.79. The Labute approximate surface area is 88.4 Å². The number of nitrogens with one attached hydrogen (secondary N) is 2. The summed E-state index contributed by atoms with van der Waals surface area (Å²) < 4.78 is 0. The van der Waals surface area contributed by atoms with Crippen LogP contribution in [0.4, 0.5) is 5.69 Å². The quantitative estimate of drug-likeness (QED) is 0.713. The molecule has 0 unspecified atom stereocenters. The first-order chi connectivity index (χ1) is 7.34. The summed E-state index contributed by atoms with van der Waals surface area (Å²) in [5, 5.41) is 6.97. The van der Waals surface area contributed by atoms with Crippen LogP contribution >= 0.6 is 0 Å². The van der Waals surface area contributed by atoms with Crippen LogP contribution in [0.3, 0.4) is 0 Å². The van der Waals surface area contributed by atoms with Crippen molar-refractivity contribution in [2.24, 2.45) is 5.10 Å². The molecule has 0 radical (unpaired) electrons. The van der Waals surface area contributed by atoms with Gasteiger partial charge in [0.25, 0.3) is 0 Å². The van der Waals surface area contributed by atoms with Crippen LogP contribution in [0, 0.1) is 0 Å². The highest BCUT2D eigenvalue weighted by atomic mass is 16.1. The molecule has 1 heterocycles. The number of hydrogen-bond donors (Lipinski definition) is 2. The largest absolute Gasteiger partial charge is 0.355 e. The summed E-state index contributed by atoms with van der Waals surface area (Å²) in [6, 6.07) is 9.71. The minimum Gasteiger partial charge on any atom is -0.355 e. The third-order valence-electron chi connectivity index (χ3n) is 2.22. The minimum absolute atomic E-state index is 0.0508. The SMILES string of the molecule is O=C1C/C(=N/Nc2ccccc2)CCN1. The molecule has 2 N–H and O–H groups in total. The number of hydrazone groups is 1. The lowest BCUT2D eigenvalue weighted by Crippen LogP contribution is -2.34. The van der Waals surface area contributed by atoms with E-state index in [4.69, 9.17) is 0 Å². The molecule has 1 aromatic rings. The molecule has 0 bridgehead atoms. The Morgan fingerprint density at radius 3 is 2.80 bits per heavy atom. The number of hydrogen-bond acceptors (Lipinski definition) is 3. The van der Waals surface area contributed by atoms with E-state index >= 15 is 0 Å². The van der Waals surface area contributed by atoms with Crippen LogP contribution in [-0.4, -0.2) is 18.2 Å². The molecule has 0 saturated carbocycles. The van der Waals surface area contributed by atoms with Gasteiger partial charge in [0.1, 0.15) is 0 Å². The maximum atomic E-state index is 11.1. The summed E-state index contributed by atoms with van der Waals surface area (Å²) >= 11 is 0. The predicted molar refractivity (Wildman–Crippen MR) is 59.7 cm³/mol. The Balaban J connectivity index is 1.96. The van der Waals surface area contributed by atoms with Gasteiger partial charge in [-0.25, -0.2) is 0 Å². The van der Waals surface area contributed by atoms with Crippen LogP contribution in [0.15, 0.2) is 35.4 Å². The van der Waals surface area contributed by atoms with E-state index < -0.39 is 0 Å². The van der Waals surface area contributed by atoms with Gasteiger partial charge in [-0.05, 0) is 12.1 Å². The normalized spacial score (nSPS) is 18.7. The summed E-state index contributed by atoms with van der Waals surface area (Å²) in [5.74, 6) is 0.0508. The standard InChI is InChI=1S/C11H13N3O/c15-11-8-10(6-7-12-11)14-13-9-4-2-1-3-5-9/h1-5,13H,6-8H2,(H,12,15)/b14-10+. The molecule has 0 aliphatic carbocycles. The fourth-order valence-electron chi connectivity index (χ4n) is 1.43. The van der Waals surface area contributed by atoms with Crippen molar-refractivity contribution in [3.8, 4) is 0 Å². The molecule has 1 amide bonds. The van der Waals surface area contributed by atoms with Crippen molar-refractivity contribution in [1.29, 1.82) is 0 Å². The van der Waals surface area contributed by atoms with E-state index in [9.17, 15) is 4.79 Å². The van der Waals surface area contributed by atoms with Gasteiger partial charge in [0.05, 0.1) is 12.1 Å². The third kappa shape index (κ3) is 2.80. The second-order valence-corrected chi connectivity index (χ2v) is 3.43. The van der Waals surface area contributed by atoms with Gasteiger partial charge in [-0.3, -0.25) is 10.2 Å². The van der Waals surface area contributed by atoms with Gasteiger partial charge in [0.2, 0.25) is 5.91 Å². The number of carbonyl (C=O) groups is 1. The van der Waals surface area contributed by atoms with Gasteiger partial charge in [0.15, 0.2) is 0 Å². The summed E-state index contributed by atoms with van der Waals surface area (Å²) in [6.45, 7) is 0.689. The van der Waals surface area contributed by atoms with E-state index in [0.717, 1.165) is 17.8 Å². The van der Waals surface area contributed by atoms with E-state index in [-0.39, 0.29) is 5.91 Å². The number of nitrogens with zero attached hydrogens (tertiary/aromatic N) is 1. The molecule has 15 heavy (non-hydrogen) atoms. The van der Waals surface area contributed by atoms with Crippen molar-refractivity contribution < 1.29 is 4.79 Å². The van der Waals surface area contributed by atoms with E-state index in [1.165, 1.54) is 0 Å². The van der Waals surface area contributed by atoms with E-state index in [2.05, 4.69) is 15.8 Å². The van der Waals surface area contributed by atoms with Gasteiger partial charge in [-0.1, -0.05) is 18.2 Å². The predicted octanol–water partition coefficient (Wildman–Crippen LogP) is 1.36. The molecule has 4 heteroatoms. The smallest absolute Gasteiger partial charge is 0.225 e. The number of piperidine rings is 1. The second-order valence-electron chi connectivity index (χ2n) is 3.43. The van der Waals surface area contributed by atoms with Gasteiger partial charge < -0.3 is 5.32 Å².